The summed E-state index contributed by atoms with van der Waals surface area (Å²) in [4.78, 5) is 0. The molecular formula is C9H17F3OSi. The van der Waals surface area contributed by atoms with Gasteiger partial charge < -0.3 is 4.43 Å². The van der Waals surface area contributed by atoms with E-state index in [4.69, 9.17) is 4.43 Å². The van der Waals surface area contributed by atoms with Crippen molar-refractivity contribution in [2.75, 3.05) is 0 Å². The molecule has 0 bridgehead atoms. The molecule has 0 N–H and O–H groups in total. The van der Waals surface area contributed by atoms with Gasteiger partial charge in [-0.25, -0.2) is 13.2 Å². The predicted octanol–water partition coefficient (Wildman–Crippen LogP) is 3.29. The maximum absolute atomic E-state index is 13.6. The van der Waals surface area contributed by atoms with E-state index in [-0.39, 0.29) is 6.10 Å². The second-order valence-corrected chi connectivity index (χ2v) is 8.15. The summed E-state index contributed by atoms with van der Waals surface area (Å²) in [6.07, 6.45) is -0.722. The summed E-state index contributed by atoms with van der Waals surface area (Å²) in [7, 11) is -3.20. The molecule has 3 unspecified atom stereocenters. The smallest absolute Gasteiger partial charge is 0.286 e. The minimum Gasteiger partial charge on any atom is -0.407 e. The average molecular weight is 226 g/mol. The average Bonchev–Trinajstić information content (AvgIpc) is 2.03. The van der Waals surface area contributed by atoms with Crippen LogP contribution in [0, 0.1) is 0 Å². The largest absolute Gasteiger partial charge is 0.407 e. The topological polar surface area (TPSA) is 9.23 Å². The van der Waals surface area contributed by atoms with Crippen molar-refractivity contribution >= 4 is 8.32 Å². The highest BCUT2D eigenvalue weighted by Crippen LogP contribution is 2.40. The van der Waals surface area contributed by atoms with Crippen LogP contribution in [0.15, 0.2) is 0 Å². The predicted molar refractivity (Wildman–Crippen MR) is 51.7 cm³/mol. The molecule has 84 valence electrons. The summed E-state index contributed by atoms with van der Waals surface area (Å²) in [6, 6.07) is 0.360. The zero-order valence-corrected chi connectivity index (χ0v) is 9.82. The van der Waals surface area contributed by atoms with Crippen LogP contribution >= 0.6 is 0 Å². The summed E-state index contributed by atoms with van der Waals surface area (Å²) in [6.45, 7) is 4.14. The summed E-state index contributed by atoms with van der Waals surface area (Å²) in [5.74, 6) is 0. The number of rotatable bonds is 2. The molecule has 0 radical (unpaired) electrons. The van der Waals surface area contributed by atoms with Gasteiger partial charge in [0.1, 0.15) is 0 Å². The third-order valence-electron chi connectivity index (χ3n) is 2.93. The molecule has 0 aliphatic carbocycles. The van der Waals surface area contributed by atoms with Gasteiger partial charge in [0.15, 0.2) is 6.17 Å². The number of alkyl halides is 3. The number of hydrogen-bond donors (Lipinski definition) is 0. The van der Waals surface area contributed by atoms with Crippen molar-refractivity contribution < 1.29 is 17.6 Å². The molecule has 5 heteroatoms. The van der Waals surface area contributed by atoms with Gasteiger partial charge in [0.25, 0.3) is 13.9 Å². The Labute approximate surface area is 83.8 Å². The molecule has 1 aliphatic rings. The van der Waals surface area contributed by atoms with Gasteiger partial charge in [0.05, 0.1) is 0 Å². The van der Waals surface area contributed by atoms with E-state index in [0.29, 0.717) is 6.04 Å². The van der Waals surface area contributed by atoms with Gasteiger partial charge in [0.2, 0.25) is 0 Å². The first kappa shape index (κ1) is 12.0. The van der Waals surface area contributed by atoms with Crippen LogP contribution in [0.4, 0.5) is 13.2 Å². The van der Waals surface area contributed by atoms with E-state index in [2.05, 4.69) is 0 Å². The molecule has 14 heavy (non-hydrogen) atoms. The Kier molecular flexibility index (Phi) is 3.31. The van der Waals surface area contributed by atoms with Crippen LogP contribution in [-0.4, -0.2) is 26.1 Å². The van der Waals surface area contributed by atoms with Crippen LogP contribution in [0.2, 0.25) is 12.6 Å². The maximum Gasteiger partial charge on any atom is 0.286 e. The molecule has 1 saturated heterocycles. The highest BCUT2D eigenvalue weighted by atomic mass is 28.4. The van der Waals surface area contributed by atoms with Gasteiger partial charge in [-0.1, -0.05) is 6.42 Å². The number of hydrogen-bond acceptors (Lipinski definition) is 1. The molecule has 1 heterocycles. The lowest BCUT2D eigenvalue weighted by Crippen LogP contribution is -2.60. The van der Waals surface area contributed by atoms with Crippen molar-refractivity contribution in [2.45, 2.75) is 57.1 Å². The van der Waals surface area contributed by atoms with Crippen LogP contribution in [0.25, 0.3) is 0 Å². The normalized spacial score (nSPS) is 36.9. The van der Waals surface area contributed by atoms with Crippen LogP contribution in [0.1, 0.15) is 26.7 Å². The zero-order chi connectivity index (χ0) is 11.0. The Morgan fingerprint density at radius 2 is 2.07 bits per heavy atom. The second kappa shape index (κ2) is 3.85. The zero-order valence-electron chi connectivity index (χ0n) is 8.82. The quantitative estimate of drug-likeness (QED) is 0.656. The van der Waals surface area contributed by atoms with Crippen molar-refractivity contribution in [3.05, 3.63) is 0 Å². The standard InChI is InChI=1S/C9H17F3OSi/c1-7-5-4-6-14(3,13-7)9(11,12)8(2)10/h7-8H,4-6H2,1-3H3. The highest BCUT2D eigenvalue weighted by Gasteiger charge is 2.59. The lowest BCUT2D eigenvalue weighted by atomic mass is 10.2. The van der Waals surface area contributed by atoms with E-state index < -0.39 is 20.0 Å². The Hall–Kier alpha value is -0.0331. The van der Waals surface area contributed by atoms with Crippen molar-refractivity contribution in [1.29, 1.82) is 0 Å². The van der Waals surface area contributed by atoms with E-state index in [0.717, 1.165) is 19.8 Å². The fraction of sp³-hybridized carbons (Fsp3) is 1.00. The Morgan fingerprint density at radius 1 is 1.50 bits per heavy atom. The van der Waals surface area contributed by atoms with Crippen molar-refractivity contribution in [1.82, 2.24) is 0 Å². The molecular weight excluding hydrogens is 209 g/mol. The van der Waals surface area contributed by atoms with E-state index in [9.17, 15) is 13.2 Å². The summed E-state index contributed by atoms with van der Waals surface area (Å²) in [5.41, 5.74) is -3.26. The SMILES string of the molecule is CC1CCC[Si](C)(C(F)(F)C(C)F)O1. The number of halogens is 3. The molecule has 0 aromatic rings. The first-order valence-corrected chi connectivity index (χ1v) is 7.61. The van der Waals surface area contributed by atoms with Crippen molar-refractivity contribution in [3.8, 4) is 0 Å². The van der Waals surface area contributed by atoms with Crippen LogP contribution < -0.4 is 0 Å². The monoisotopic (exact) mass is 226 g/mol. The third kappa shape index (κ3) is 1.98. The summed E-state index contributed by atoms with van der Waals surface area (Å²) < 4.78 is 45.3. The molecule has 1 fully saturated rings. The van der Waals surface area contributed by atoms with Gasteiger partial charge >= 0.3 is 0 Å². The van der Waals surface area contributed by atoms with Crippen molar-refractivity contribution in [3.63, 3.8) is 0 Å². The minimum atomic E-state index is -3.26. The molecule has 0 aromatic heterocycles. The van der Waals surface area contributed by atoms with Gasteiger partial charge in [-0.05, 0) is 32.9 Å². The fourth-order valence-electron chi connectivity index (χ4n) is 1.95. The van der Waals surface area contributed by atoms with Gasteiger partial charge in [0, 0.05) is 6.10 Å². The van der Waals surface area contributed by atoms with Gasteiger partial charge in [-0.2, -0.15) is 0 Å². The fourth-order valence-corrected chi connectivity index (χ4v) is 5.29. The van der Waals surface area contributed by atoms with E-state index in [1.807, 2.05) is 0 Å². The molecule has 3 atom stereocenters. The van der Waals surface area contributed by atoms with Crippen LogP contribution in [0.5, 0.6) is 0 Å². The van der Waals surface area contributed by atoms with Crippen molar-refractivity contribution in [2.24, 2.45) is 0 Å². The van der Waals surface area contributed by atoms with E-state index in [1.54, 1.807) is 6.92 Å². The molecule has 0 spiro atoms. The molecule has 1 aliphatic heterocycles. The van der Waals surface area contributed by atoms with Gasteiger partial charge in [-0.15, -0.1) is 0 Å². The maximum atomic E-state index is 13.6. The molecule has 0 saturated carbocycles. The Balaban J connectivity index is 2.82. The van der Waals surface area contributed by atoms with Crippen LogP contribution in [-0.2, 0) is 4.43 Å². The second-order valence-electron chi connectivity index (χ2n) is 4.29. The lowest BCUT2D eigenvalue weighted by Gasteiger charge is -2.41. The lowest BCUT2D eigenvalue weighted by molar-refractivity contribution is -0.0268. The first-order valence-electron chi connectivity index (χ1n) is 4.99. The first-order chi connectivity index (χ1) is 6.29. The summed E-state index contributed by atoms with van der Waals surface area (Å²) in [5, 5.41) is 0. The van der Waals surface area contributed by atoms with E-state index >= 15 is 0 Å². The Bertz CT molecular complexity index is 210. The molecule has 1 rings (SSSR count). The molecule has 1 nitrogen and oxygen atoms in total. The van der Waals surface area contributed by atoms with E-state index in [1.165, 1.54) is 6.55 Å². The van der Waals surface area contributed by atoms with Gasteiger partial charge in [-0.3, -0.25) is 0 Å². The van der Waals surface area contributed by atoms with Crippen LogP contribution in [0.3, 0.4) is 0 Å². The minimum absolute atomic E-state index is 0.148. The highest BCUT2D eigenvalue weighted by molar-refractivity contribution is 6.75. The molecule has 0 amide bonds. The molecule has 0 aromatic carbocycles. The third-order valence-corrected chi connectivity index (χ3v) is 6.97. The Morgan fingerprint density at radius 3 is 2.50 bits per heavy atom. The summed E-state index contributed by atoms with van der Waals surface area (Å²) >= 11 is 0.